The molecule has 1 amide bonds. The SMILES string of the molecule is CN1CC[C@@H](Nc2cccc3c(C=C(F)F)n(-c4noc(CNC(=O)c5ccn(C(C)(C)C)c5)n4)nc23)[C@@H](F)C1. The molecule has 2 atom stereocenters. The average Bonchev–Trinajstić information content (AvgIpc) is 3.63. The maximum atomic E-state index is 14.7. The van der Waals surface area contributed by atoms with Crippen LogP contribution in [0.5, 0.6) is 0 Å². The number of rotatable bonds is 7. The van der Waals surface area contributed by atoms with Crippen LogP contribution in [-0.4, -0.2) is 67.6 Å². The summed E-state index contributed by atoms with van der Waals surface area (Å²) in [7, 11) is 1.86. The second kappa shape index (κ2) is 10.8. The molecule has 2 N–H and O–H groups in total. The first-order valence-corrected chi connectivity index (χ1v) is 12.9. The summed E-state index contributed by atoms with van der Waals surface area (Å²) in [5, 5.41) is 14.7. The lowest BCUT2D eigenvalue weighted by Gasteiger charge is -2.33. The van der Waals surface area contributed by atoms with Crippen molar-refractivity contribution in [1.82, 2.24) is 34.7 Å². The Balaban J connectivity index is 1.39. The van der Waals surface area contributed by atoms with Gasteiger partial charge in [0.2, 0.25) is 5.89 Å². The number of hydrogen-bond acceptors (Lipinski definition) is 7. The van der Waals surface area contributed by atoms with E-state index in [9.17, 15) is 18.0 Å². The largest absolute Gasteiger partial charge is 0.377 e. The highest BCUT2D eigenvalue weighted by molar-refractivity contribution is 5.96. The molecule has 40 heavy (non-hydrogen) atoms. The summed E-state index contributed by atoms with van der Waals surface area (Å²) in [4.78, 5) is 18.8. The maximum absolute atomic E-state index is 14.7. The lowest BCUT2D eigenvalue weighted by molar-refractivity contribution is 0.0946. The summed E-state index contributed by atoms with van der Waals surface area (Å²) in [6, 6.07) is 6.34. The Morgan fingerprint density at radius 1 is 1.25 bits per heavy atom. The second-order valence-corrected chi connectivity index (χ2v) is 10.9. The molecule has 0 unspecified atom stereocenters. The summed E-state index contributed by atoms with van der Waals surface area (Å²) in [5.41, 5.74) is 1.22. The van der Waals surface area contributed by atoms with E-state index in [0.29, 0.717) is 41.2 Å². The van der Waals surface area contributed by atoms with E-state index in [4.69, 9.17) is 4.52 Å². The molecule has 1 saturated heterocycles. The molecule has 10 nitrogen and oxygen atoms in total. The lowest BCUT2D eigenvalue weighted by Crippen LogP contribution is -2.46. The Bertz CT molecular complexity index is 1550. The van der Waals surface area contributed by atoms with E-state index in [1.54, 1.807) is 30.5 Å². The van der Waals surface area contributed by atoms with Crippen LogP contribution >= 0.6 is 0 Å². The van der Waals surface area contributed by atoms with Crippen molar-refractivity contribution in [2.75, 3.05) is 25.5 Å². The van der Waals surface area contributed by atoms with Gasteiger partial charge in [-0.1, -0.05) is 12.1 Å². The Hall–Kier alpha value is -4.13. The van der Waals surface area contributed by atoms with Crippen molar-refractivity contribution in [3.63, 3.8) is 0 Å². The van der Waals surface area contributed by atoms with Gasteiger partial charge < -0.3 is 24.6 Å². The third-order valence-corrected chi connectivity index (χ3v) is 6.85. The summed E-state index contributed by atoms with van der Waals surface area (Å²) in [6.07, 6.45) is 1.80. The molecule has 1 fully saturated rings. The Labute approximate surface area is 228 Å². The molecule has 4 heterocycles. The first-order valence-electron chi connectivity index (χ1n) is 12.9. The van der Waals surface area contributed by atoms with E-state index in [1.807, 2.05) is 43.5 Å². The van der Waals surface area contributed by atoms with Crippen LogP contribution in [0.15, 0.2) is 47.3 Å². The van der Waals surface area contributed by atoms with Crippen molar-refractivity contribution >= 4 is 28.6 Å². The van der Waals surface area contributed by atoms with Gasteiger partial charge in [0.15, 0.2) is 0 Å². The van der Waals surface area contributed by atoms with Gasteiger partial charge in [-0.2, -0.15) is 23.5 Å². The lowest BCUT2D eigenvalue weighted by atomic mass is 10.0. The normalized spacial score (nSPS) is 18.2. The average molecular weight is 557 g/mol. The smallest absolute Gasteiger partial charge is 0.291 e. The number of fused-ring (bicyclic) bond motifs is 1. The molecule has 212 valence electrons. The molecule has 1 aliphatic heterocycles. The number of amides is 1. The number of hydrogen-bond donors (Lipinski definition) is 2. The quantitative estimate of drug-likeness (QED) is 0.343. The fourth-order valence-corrected chi connectivity index (χ4v) is 4.67. The van der Waals surface area contributed by atoms with E-state index in [-0.39, 0.29) is 35.5 Å². The molecule has 0 saturated carbocycles. The van der Waals surface area contributed by atoms with Crippen molar-refractivity contribution in [3.8, 4) is 5.95 Å². The number of aromatic nitrogens is 5. The first kappa shape index (κ1) is 27.4. The topological polar surface area (TPSA) is 106 Å². The highest BCUT2D eigenvalue weighted by Crippen LogP contribution is 2.30. The fourth-order valence-electron chi connectivity index (χ4n) is 4.67. The summed E-state index contributed by atoms with van der Waals surface area (Å²) in [6.45, 7) is 7.03. The van der Waals surface area contributed by atoms with Crippen LogP contribution < -0.4 is 10.6 Å². The molecule has 0 bridgehead atoms. The number of likely N-dealkylation sites (tertiary alicyclic amines) is 1. The molecule has 13 heteroatoms. The Morgan fingerprint density at radius 2 is 2.05 bits per heavy atom. The zero-order chi connectivity index (χ0) is 28.6. The van der Waals surface area contributed by atoms with Crippen molar-refractivity contribution in [2.45, 2.75) is 51.5 Å². The summed E-state index contributed by atoms with van der Waals surface area (Å²) < 4.78 is 50.0. The van der Waals surface area contributed by atoms with Gasteiger partial charge in [0.05, 0.1) is 29.5 Å². The van der Waals surface area contributed by atoms with Crippen molar-refractivity contribution in [1.29, 1.82) is 0 Å². The van der Waals surface area contributed by atoms with Gasteiger partial charge in [-0.05, 0) is 51.5 Å². The van der Waals surface area contributed by atoms with E-state index >= 15 is 0 Å². The van der Waals surface area contributed by atoms with Gasteiger partial charge in [-0.15, -0.1) is 0 Å². The number of nitrogens with zero attached hydrogens (tertiary/aromatic N) is 6. The summed E-state index contributed by atoms with van der Waals surface area (Å²) in [5.74, 6) is -0.342. The van der Waals surface area contributed by atoms with Gasteiger partial charge in [0.1, 0.15) is 11.7 Å². The van der Waals surface area contributed by atoms with Crippen LogP contribution in [0.25, 0.3) is 22.9 Å². The zero-order valence-electron chi connectivity index (χ0n) is 22.7. The van der Waals surface area contributed by atoms with Gasteiger partial charge in [0.25, 0.3) is 17.9 Å². The molecule has 0 radical (unpaired) electrons. The van der Waals surface area contributed by atoms with E-state index < -0.39 is 18.3 Å². The number of piperidine rings is 1. The third-order valence-electron chi connectivity index (χ3n) is 6.85. The number of nitrogens with one attached hydrogen (secondary N) is 2. The molecule has 5 rings (SSSR count). The number of anilines is 1. The van der Waals surface area contributed by atoms with Crippen LogP contribution in [0.3, 0.4) is 0 Å². The number of benzene rings is 1. The van der Waals surface area contributed by atoms with Gasteiger partial charge in [0, 0.05) is 42.5 Å². The van der Waals surface area contributed by atoms with Crippen molar-refractivity contribution in [3.05, 3.63) is 59.9 Å². The van der Waals surface area contributed by atoms with Crippen LogP contribution in [0.4, 0.5) is 18.9 Å². The monoisotopic (exact) mass is 556 g/mol. The molecule has 4 aromatic rings. The highest BCUT2D eigenvalue weighted by atomic mass is 19.3. The van der Waals surface area contributed by atoms with Crippen LogP contribution in [-0.2, 0) is 12.1 Å². The van der Waals surface area contributed by atoms with Crippen LogP contribution in [0.1, 0.15) is 49.1 Å². The zero-order valence-corrected chi connectivity index (χ0v) is 22.7. The van der Waals surface area contributed by atoms with Gasteiger partial charge >= 0.3 is 0 Å². The minimum absolute atomic E-state index is 0.0405. The number of alkyl halides is 1. The first-order chi connectivity index (χ1) is 19.0. The van der Waals surface area contributed by atoms with Crippen molar-refractivity contribution < 1.29 is 22.5 Å². The molecular weight excluding hydrogens is 525 g/mol. The van der Waals surface area contributed by atoms with Crippen LogP contribution in [0, 0.1) is 0 Å². The third kappa shape index (κ3) is 5.74. The number of halogens is 3. The maximum Gasteiger partial charge on any atom is 0.291 e. The number of carbonyl (C=O) groups is 1. The minimum atomic E-state index is -1.93. The van der Waals surface area contributed by atoms with E-state index in [2.05, 4.69) is 25.9 Å². The molecule has 1 aromatic carbocycles. The van der Waals surface area contributed by atoms with E-state index in [0.717, 1.165) is 11.2 Å². The Morgan fingerprint density at radius 3 is 2.75 bits per heavy atom. The minimum Gasteiger partial charge on any atom is -0.377 e. The van der Waals surface area contributed by atoms with E-state index in [1.165, 1.54) is 0 Å². The highest BCUT2D eigenvalue weighted by Gasteiger charge is 2.28. The molecule has 1 aliphatic rings. The molecular formula is C27H31F3N8O2. The Kier molecular flexibility index (Phi) is 7.41. The van der Waals surface area contributed by atoms with Crippen LogP contribution in [0.2, 0.25) is 0 Å². The van der Waals surface area contributed by atoms with Gasteiger partial charge in [-0.3, -0.25) is 4.79 Å². The second-order valence-electron chi connectivity index (χ2n) is 10.9. The molecule has 3 aromatic heterocycles. The summed E-state index contributed by atoms with van der Waals surface area (Å²) >= 11 is 0. The molecule has 0 aliphatic carbocycles. The predicted molar refractivity (Wildman–Crippen MR) is 144 cm³/mol. The standard InChI is InChI=1S/C27H31F3N8O2/c1-27(2,3)37-11-8-16(14-37)25(39)31-13-23-33-26(35-40-23)38-21(12-22(29)30)17-6-5-7-20(24(17)34-38)32-19-9-10-36(4)15-18(19)28/h5-8,11-12,14,18-19,32H,9-10,13,15H2,1-4H3,(H,31,39)/t18-,19+/m0/s1. The van der Waals surface area contributed by atoms with Gasteiger partial charge in [-0.25, -0.2) is 4.39 Å². The predicted octanol–water partition coefficient (Wildman–Crippen LogP) is 4.59. The number of carbonyl (C=O) groups excluding carboxylic acids is 1. The van der Waals surface area contributed by atoms with Crippen molar-refractivity contribution in [2.24, 2.45) is 0 Å². The molecule has 0 spiro atoms. The fraction of sp³-hybridized carbons (Fsp3) is 0.407.